The minimum Gasteiger partial charge on any atom is -0.349 e. The van der Waals surface area contributed by atoms with Gasteiger partial charge in [-0.3, -0.25) is 4.79 Å². The van der Waals surface area contributed by atoms with Crippen molar-refractivity contribution in [3.8, 4) is 11.4 Å². The Bertz CT molecular complexity index is 615. The Balaban J connectivity index is 1.78. The van der Waals surface area contributed by atoms with E-state index in [1.807, 2.05) is 12.1 Å². The van der Waals surface area contributed by atoms with Crippen molar-refractivity contribution in [3.63, 3.8) is 0 Å². The van der Waals surface area contributed by atoms with E-state index in [9.17, 15) is 4.79 Å². The van der Waals surface area contributed by atoms with Crippen molar-refractivity contribution < 1.29 is 9.32 Å². The fourth-order valence-electron chi connectivity index (χ4n) is 2.55. The second kappa shape index (κ2) is 5.45. The quantitative estimate of drug-likeness (QED) is 0.932. The Labute approximate surface area is 117 Å². The average Bonchev–Trinajstić information content (AvgIpc) is 3.10. The lowest BCUT2D eigenvalue weighted by Crippen LogP contribution is -2.32. The summed E-state index contributed by atoms with van der Waals surface area (Å²) in [6, 6.07) is 7.63. The van der Waals surface area contributed by atoms with Crippen LogP contribution in [0.4, 0.5) is 0 Å². The number of hydrogen-bond acceptors (Lipinski definition) is 4. The molecule has 1 aliphatic carbocycles. The highest BCUT2D eigenvalue weighted by atomic mass is 16.5. The predicted octanol–water partition coefficient (Wildman–Crippen LogP) is 2.72. The Morgan fingerprint density at radius 1 is 1.35 bits per heavy atom. The van der Waals surface area contributed by atoms with Crippen molar-refractivity contribution >= 4 is 5.91 Å². The maximum absolute atomic E-state index is 12.2. The second-order valence-corrected chi connectivity index (χ2v) is 5.17. The fraction of sp³-hybridized carbons (Fsp3) is 0.400. The van der Waals surface area contributed by atoms with Crippen LogP contribution in [0.5, 0.6) is 0 Å². The summed E-state index contributed by atoms with van der Waals surface area (Å²) in [4.78, 5) is 16.4. The van der Waals surface area contributed by atoms with E-state index in [-0.39, 0.29) is 5.91 Å². The third-order valence-electron chi connectivity index (χ3n) is 3.60. The summed E-state index contributed by atoms with van der Waals surface area (Å²) in [5.74, 6) is 0.998. The molecule has 1 heterocycles. The number of carbonyl (C=O) groups is 1. The molecule has 20 heavy (non-hydrogen) atoms. The Kier molecular flexibility index (Phi) is 3.50. The van der Waals surface area contributed by atoms with Gasteiger partial charge in [-0.25, -0.2) is 0 Å². The largest absolute Gasteiger partial charge is 0.349 e. The lowest BCUT2D eigenvalue weighted by atomic mass is 10.1. The van der Waals surface area contributed by atoms with E-state index < -0.39 is 0 Å². The van der Waals surface area contributed by atoms with Crippen molar-refractivity contribution in [2.24, 2.45) is 0 Å². The molecule has 0 saturated heterocycles. The van der Waals surface area contributed by atoms with Crippen LogP contribution in [0.3, 0.4) is 0 Å². The molecule has 0 atom stereocenters. The molecule has 1 aliphatic rings. The van der Waals surface area contributed by atoms with Crippen molar-refractivity contribution in [3.05, 3.63) is 35.7 Å². The number of nitrogens with one attached hydrogen (secondary N) is 1. The minimum atomic E-state index is -0.0287. The number of benzene rings is 1. The van der Waals surface area contributed by atoms with Crippen molar-refractivity contribution in [2.75, 3.05) is 0 Å². The van der Waals surface area contributed by atoms with Gasteiger partial charge in [-0.1, -0.05) is 30.1 Å². The summed E-state index contributed by atoms with van der Waals surface area (Å²) in [5, 5.41) is 6.95. The molecule has 1 N–H and O–H groups in total. The molecular weight excluding hydrogens is 254 g/mol. The monoisotopic (exact) mass is 271 g/mol. The van der Waals surface area contributed by atoms with Gasteiger partial charge in [-0.05, 0) is 25.0 Å². The van der Waals surface area contributed by atoms with Crippen LogP contribution in [0.25, 0.3) is 11.4 Å². The van der Waals surface area contributed by atoms with Gasteiger partial charge in [0.25, 0.3) is 5.91 Å². The number of aryl methyl sites for hydroxylation is 1. The van der Waals surface area contributed by atoms with Crippen LogP contribution in [0.1, 0.15) is 41.9 Å². The van der Waals surface area contributed by atoms with E-state index >= 15 is 0 Å². The Morgan fingerprint density at radius 3 is 2.85 bits per heavy atom. The van der Waals surface area contributed by atoms with Gasteiger partial charge in [0, 0.05) is 24.1 Å². The highest BCUT2D eigenvalue weighted by molar-refractivity contribution is 5.95. The molecule has 3 rings (SSSR count). The van der Waals surface area contributed by atoms with Gasteiger partial charge in [0.05, 0.1) is 0 Å². The summed E-state index contributed by atoms with van der Waals surface area (Å²) in [6.45, 7) is 1.74. The Hall–Kier alpha value is -2.17. The summed E-state index contributed by atoms with van der Waals surface area (Å²) in [6.07, 6.45) is 4.56. The number of aromatic nitrogens is 2. The molecule has 0 radical (unpaired) electrons. The first-order valence-electron chi connectivity index (χ1n) is 6.94. The van der Waals surface area contributed by atoms with Crippen molar-refractivity contribution in [2.45, 2.75) is 38.6 Å². The average molecular weight is 271 g/mol. The molecule has 1 aromatic heterocycles. The van der Waals surface area contributed by atoms with E-state index in [1.54, 1.807) is 19.1 Å². The van der Waals surface area contributed by atoms with Gasteiger partial charge < -0.3 is 9.84 Å². The van der Waals surface area contributed by atoms with Gasteiger partial charge in [0.15, 0.2) is 0 Å². The Morgan fingerprint density at radius 2 is 2.15 bits per heavy atom. The normalized spacial score (nSPS) is 15.4. The van der Waals surface area contributed by atoms with Crippen LogP contribution in [-0.4, -0.2) is 22.1 Å². The van der Waals surface area contributed by atoms with E-state index in [0.29, 0.717) is 23.3 Å². The molecule has 1 aromatic carbocycles. The van der Waals surface area contributed by atoms with Crippen LogP contribution >= 0.6 is 0 Å². The van der Waals surface area contributed by atoms with Crippen LogP contribution in [0, 0.1) is 6.92 Å². The van der Waals surface area contributed by atoms with Gasteiger partial charge >= 0.3 is 0 Å². The zero-order valence-corrected chi connectivity index (χ0v) is 11.4. The van der Waals surface area contributed by atoms with Crippen molar-refractivity contribution in [1.82, 2.24) is 15.5 Å². The molecule has 5 heteroatoms. The predicted molar refractivity (Wildman–Crippen MR) is 74.2 cm³/mol. The second-order valence-electron chi connectivity index (χ2n) is 5.17. The summed E-state index contributed by atoms with van der Waals surface area (Å²) >= 11 is 0. The highest BCUT2D eigenvalue weighted by Gasteiger charge is 2.18. The molecule has 1 amide bonds. The topological polar surface area (TPSA) is 68.0 Å². The molecule has 0 unspecified atom stereocenters. The van der Waals surface area contributed by atoms with E-state index in [1.165, 1.54) is 12.8 Å². The standard InChI is InChI=1S/C15H17N3O2/c1-10-16-14(18-20-10)11-5-4-6-12(9-11)15(19)17-13-7-2-3-8-13/h4-6,9,13H,2-3,7-8H2,1H3,(H,17,19). The van der Waals surface area contributed by atoms with E-state index in [4.69, 9.17) is 4.52 Å². The molecule has 2 aromatic rings. The smallest absolute Gasteiger partial charge is 0.251 e. The fourth-order valence-corrected chi connectivity index (χ4v) is 2.55. The number of carbonyl (C=O) groups excluding carboxylic acids is 1. The summed E-state index contributed by atoms with van der Waals surface area (Å²) < 4.78 is 4.97. The molecular formula is C15H17N3O2. The highest BCUT2D eigenvalue weighted by Crippen LogP contribution is 2.20. The van der Waals surface area contributed by atoms with E-state index in [0.717, 1.165) is 18.4 Å². The summed E-state index contributed by atoms with van der Waals surface area (Å²) in [7, 11) is 0. The van der Waals surface area contributed by atoms with Gasteiger partial charge in [-0.15, -0.1) is 0 Å². The third kappa shape index (κ3) is 2.71. The first-order valence-corrected chi connectivity index (χ1v) is 6.94. The van der Waals surface area contributed by atoms with Crippen molar-refractivity contribution in [1.29, 1.82) is 0 Å². The molecule has 104 valence electrons. The maximum atomic E-state index is 12.2. The van der Waals surface area contributed by atoms with Crippen LogP contribution in [0.15, 0.2) is 28.8 Å². The molecule has 0 spiro atoms. The molecule has 1 saturated carbocycles. The maximum Gasteiger partial charge on any atom is 0.251 e. The van der Waals surface area contributed by atoms with E-state index in [2.05, 4.69) is 15.5 Å². The van der Waals surface area contributed by atoms with Crippen LogP contribution in [0.2, 0.25) is 0 Å². The number of hydrogen-bond donors (Lipinski definition) is 1. The lowest BCUT2D eigenvalue weighted by Gasteiger charge is -2.12. The first kappa shape index (κ1) is 12.8. The van der Waals surface area contributed by atoms with Gasteiger partial charge in [0.2, 0.25) is 11.7 Å². The molecule has 0 aliphatic heterocycles. The lowest BCUT2D eigenvalue weighted by molar-refractivity contribution is 0.0938. The number of nitrogens with zero attached hydrogens (tertiary/aromatic N) is 2. The van der Waals surface area contributed by atoms with Crippen LogP contribution in [-0.2, 0) is 0 Å². The van der Waals surface area contributed by atoms with Crippen LogP contribution < -0.4 is 5.32 Å². The number of rotatable bonds is 3. The van der Waals surface area contributed by atoms with Gasteiger partial charge in [0.1, 0.15) is 0 Å². The third-order valence-corrected chi connectivity index (χ3v) is 3.60. The zero-order valence-electron chi connectivity index (χ0n) is 11.4. The molecule has 1 fully saturated rings. The molecule has 0 bridgehead atoms. The van der Waals surface area contributed by atoms with Gasteiger partial charge in [-0.2, -0.15) is 4.98 Å². The SMILES string of the molecule is Cc1nc(-c2cccc(C(=O)NC3CCCC3)c2)no1. The minimum absolute atomic E-state index is 0.0287. The summed E-state index contributed by atoms with van der Waals surface area (Å²) in [5.41, 5.74) is 1.43. The number of amides is 1. The first-order chi connectivity index (χ1) is 9.72. The molecule has 5 nitrogen and oxygen atoms in total. The zero-order chi connectivity index (χ0) is 13.9.